The zero-order chi connectivity index (χ0) is 13.8. The molecule has 2 aliphatic rings. The van der Waals surface area contributed by atoms with Crippen LogP contribution in [0.15, 0.2) is 12.1 Å². The van der Waals surface area contributed by atoms with Crippen molar-refractivity contribution in [3.05, 3.63) is 28.3 Å². The van der Waals surface area contributed by atoms with Crippen molar-refractivity contribution in [2.24, 2.45) is 0 Å². The maximum Gasteiger partial charge on any atom is 0.320 e. The van der Waals surface area contributed by atoms with Crippen molar-refractivity contribution in [1.82, 2.24) is 10.2 Å². The first kappa shape index (κ1) is 12.6. The number of carbonyl (C=O) groups excluding carboxylic acids is 1. The first-order chi connectivity index (χ1) is 8.94. The van der Waals surface area contributed by atoms with Crippen LogP contribution in [0.1, 0.15) is 37.4 Å². The van der Waals surface area contributed by atoms with E-state index in [-0.39, 0.29) is 12.1 Å². The molecule has 2 heterocycles. The van der Waals surface area contributed by atoms with E-state index in [1.807, 2.05) is 32.9 Å². The fraction of sp³-hybridized carbons (Fsp3) is 0.500. The van der Waals surface area contributed by atoms with Crippen molar-refractivity contribution in [3.8, 4) is 5.75 Å². The second-order valence-electron chi connectivity index (χ2n) is 5.37. The summed E-state index contributed by atoms with van der Waals surface area (Å²) in [5.74, 6) is 0.849. The zero-order valence-electron chi connectivity index (χ0n) is 11.3. The van der Waals surface area contributed by atoms with E-state index >= 15 is 0 Å². The van der Waals surface area contributed by atoms with Gasteiger partial charge in [0.1, 0.15) is 5.75 Å². The average Bonchev–Trinajstić information content (AvgIpc) is 2.31. The van der Waals surface area contributed by atoms with Crippen LogP contribution in [0.3, 0.4) is 0 Å². The molecule has 4 nitrogen and oxygen atoms in total. The predicted octanol–water partition coefficient (Wildman–Crippen LogP) is 3.23. The zero-order valence-corrected chi connectivity index (χ0v) is 12.0. The summed E-state index contributed by atoms with van der Waals surface area (Å²) in [5.41, 5.74) is 1.41. The van der Waals surface area contributed by atoms with E-state index in [9.17, 15) is 4.79 Å². The Morgan fingerprint density at radius 2 is 2.32 bits per heavy atom. The SMILES string of the molecule is CCN1C(=O)NC2CC1(C)Oc1c(C)cc(Cl)cc12. The number of amides is 2. The van der Waals surface area contributed by atoms with Gasteiger partial charge < -0.3 is 10.1 Å². The largest absolute Gasteiger partial charge is 0.467 e. The molecule has 102 valence electrons. The summed E-state index contributed by atoms with van der Waals surface area (Å²) in [7, 11) is 0. The van der Waals surface area contributed by atoms with E-state index in [0.717, 1.165) is 23.3 Å². The Kier molecular flexibility index (Phi) is 2.68. The van der Waals surface area contributed by atoms with Crippen molar-refractivity contribution in [1.29, 1.82) is 0 Å². The quantitative estimate of drug-likeness (QED) is 0.858. The molecule has 2 unspecified atom stereocenters. The maximum absolute atomic E-state index is 12.1. The number of halogens is 1. The van der Waals surface area contributed by atoms with Crippen LogP contribution in [0, 0.1) is 6.92 Å². The molecule has 1 N–H and O–H groups in total. The highest BCUT2D eigenvalue weighted by Gasteiger charge is 2.48. The second-order valence-corrected chi connectivity index (χ2v) is 5.81. The van der Waals surface area contributed by atoms with Crippen LogP contribution in [0.5, 0.6) is 5.75 Å². The Balaban J connectivity index is 2.13. The van der Waals surface area contributed by atoms with E-state index < -0.39 is 5.72 Å². The molecule has 2 amide bonds. The molecular weight excluding hydrogens is 264 g/mol. The van der Waals surface area contributed by atoms with Crippen LogP contribution in [0.4, 0.5) is 4.79 Å². The van der Waals surface area contributed by atoms with Gasteiger partial charge in [-0.25, -0.2) is 4.79 Å². The molecule has 0 saturated carbocycles. The van der Waals surface area contributed by atoms with Crippen LogP contribution in [0.2, 0.25) is 5.02 Å². The summed E-state index contributed by atoms with van der Waals surface area (Å²) in [4.78, 5) is 13.9. The summed E-state index contributed by atoms with van der Waals surface area (Å²) < 4.78 is 6.16. The van der Waals surface area contributed by atoms with Gasteiger partial charge in [0.2, 0.25) is 0 Å². The number of carbonyl (C=O) groups is 1. The molecule has 1 fully saturated rings. The summed E-state index contributed by atoms with van der Waals surface area (Å²) in [6, 6.07) is 3.67. The molecule has 1 aromatic rings. The molecule has 0 aromatic heterocycles. The summed E-state index contributed by atoms with van der Waals surface area (Å²) in [6.07, 6.45) is 0.735. The second kappa shape index (κ2) is 4.04. The topological polar surface area (TPSA) is 41.6 Å². The molecular formula is C14H17ClN2O2. The third kappa shape index (κ3) is 1.77. The lowest BCUT2D eigenvalue weighted by atomic mass is 9.89. The Bertz CT molecular complexity index is 561. The van der Waals surface area contributed by atoms with Crippen molar-refractivity contribution in [2.75, 3.05) is 6.54 Å². The van der Waals surface area contributed by atoms with Gasteiger partial charge in [-0.3, -0.25) is 4.90 Å². The highest BCUT2D eigenvalue weighted by Crippen LogP contribution is 2.46. The fourth-order valence-electron chi connectivity index (χ4n) is 3.12. The third-order valence-corrected chi connectivity index (χ3v) is 4.20. The number of urea groups is 1. The minimum atomic E-state index is -0.576. The molecule has 0 aliphatic carbocycles. The number of hydrogen-bond acceptors (Lipinski definition) is 2. The first-order valence-electron chi connectivity index (χ1n) is 6.52. The number of ether oxygens (including phenoxy) is 1. The molecule has 0 radical (unpaired) electrons. The van der Waals surface area contributed by atoms with Gasteiger partial charge in [-0.2, -0.15) is 0 Å². The maximum atomic E-state index is 12.1. The standard InChI is InChI=1S/C14H17ClN2O2/c1-4-17-13(18)16-11-7-14(17,3)19-12-8(2)5-9(15)6-10(11)12/h5-6,11H,4,7H2,1-3H3,(H,16,18). The van der Waals surface area contributed by atoms with E-state index in [1.165, 1.54) is 0 Å². The molecule has 5 heteroatoms. The van der Waals surface area contributed by atoms with Gasteiger partial charge in [0, 0.05) is 23.6 Å². The van der Waals surface area contributed by atoms with Gasteiger partial charge in [0.05, 0.1) is 6.04 Å². The normalized spacial score (nSPS) is 28.5. The lowest BCUT2D eigenvalue weighted by Crippen LogP contribution is -2.64. The summed E-state index contributed by atoms with van der Waals surface area (Å²) in [5, 5.41) is 3.71. The Labute approximate surface area is 117 Å². The van der Waals surface area contributed by atoms with E-state index in [2.05, 4.69) is 5.32 Å². The van der Waals surface area contributed by atoms with Crippen LogP contribution < -0.4 is 10.1 Å². The Hall–Kier alpha value is -1.42. The van der Waals surface area contributed by atoms with Crippen molar-refractivity contribution >= 4 is 17.6 Å². The van der Waals surface area contributed by atoms with Crippen molar-refractivity contribution < 1.29 is 9.53 Å². The molecule has 19 heavy (non-hydrogen) atoms. The third-order valence-electron chi connectivity index (χ3n) is 3.98. The van der Waals surface area contributed by atoms with Crippen LogP contribution in [0.25, 0.3) is 0 Å². The first-order valence-corrected chi connectivity index (χ1v) is 6.89. The minimum Gasteiger partial charge on any atom is -0.467 e. The van der Waals surface area contributed by atoms with Crippen LogP contribution in [-0.2, 0) is 0 Å². The molecule has 2 bridgehead atoms. The number of rotatable bonds is 1. The number of fused-ring (bicyclic) bond motifs is 4. The number of hydrogen-bond donors (Lipinski definition) is 1. The highest BCUT2D eigenvalue weighted by atomic mass is 35.5. The van der Waals surface area contributed by atoms with E-state index in [0.29, 0.717) is 11.6 Å². The average molecular weight is 281 g/mol. The highest BCUT2D eigenvalue weighted by molar-refractivity contribution is 6.30. The van der Waals surface area contributed by atoms with Crippen molar-refractivity contribution in [2.45, 2.75) is 39.0 Å². The van der Waals surface area contributed by atoms with Gasteiger partial charge in [-0.15, -0.1) is 0 Å². The van der Waals surface area contributed by atoms with E-state index in [4.69, 9.17) is 16.3 Å². The number of aryl methyl sites for hydroxylation is 1. The Morgan fingerprint density at radius 3 is 3.00 bits per heavy atom. The van der Waals surface area contributed by atoms with Gasteiger partial charge >= 0.3 is 6.03 Å². The Morgan fingerprint density at radius 1 is 1.58 bits per heavy atom. The smallest absolute Gasteiger partial charge is 0.320 e. The fourth-order valence-corrected chi connectivity index (χ4v) is 3.40. The van der Waals surface area contributed by atoms with Gasteiger partial charge in [-0.05, 0) is 38.5 Å². The lowest BCUT2D eigenvalue weighted by Gasteiger charge is -2.50. The molecule has 2 atom stereocenters. The lowest BCUT2D eigenvalue weighted by molar-refractivity contribution is -0.0819. The number of nitrogens with zero attached hydrogens (tertiary/aromatic N) is 1. The molecule has 1 aromatic carbocycles. The summed E-state index contributed by atoms with van der Waals surface area (Å²) in [6.45, 7) is 6.53. The van der Waals surface area contributed by atoms with E-state index in [1.54, 1.807) is 4.90 Å². The van der Waals surface area contributed by atoms with Crippen LogP contribution in [-0.4, -0.2) is 23.2 Å². The molecule has 2 aliphatic heterocycles. The van der Waals surface area contributed by atoms with Crippen molar-refractivity contribution in [3.63, 3.8) is 0 Å². The van der Waals surface area contributed by atoms with Gasteiger partial charge in [0.25, 0.3) is 0 Å². The number of benzene rings is 1. The molecule has 3 rings (SSSR count). The van der Waals surface area contributed by atoms with Crippen LogP contribution >= 0.6 is 11.6 Å². The summed E-state index contributed by atoms with van der Waals surface area (Å²) >= 11 is 6.11. The molecule has 1 saturated heterocycles. The number of nitrogens with one attached hydrogen (secondary N) is 1. The predicted molar refractivity (Wildman–Crippen MR) is 73.5 cm³/mol. The van der Waals surface area contributed by atoms with Gasteiger partial charge in [-0.1, -0.05) is 11.6 Å². The van der Waals surface area contributed by atoms with Gasteiger partial charge in [0.15, 0.2) is 5.72 Å². The molecule has 0 spiro atoms. The minimum absolute atomic E-state index is 0.0264. The monoisotopic (exact) mass is 280 g/mol.